The Labute approximate surface area is 179 Å². The van der Waals surface area contributed by atoms with E-state index in [9.17, 15) is 4.79 Å². The highest BCUT2D eigenvalue weighted by Crippen LogP contribution is 2.49. The Morgan fingerprint density at radius 3 is 3.00 bits per heavy atom. The standard InChI is InChI=1S/C23H22ClN3O3/c1-12-3-4-25-9-18(12)14-5-15-8-21(26-10-19(15)20(24)7-14)27-23-22(30-23)17-6-16(17)11-29-13(2)28/h3-5,7-10,16-17,22-23H,6,11H2,1-2H3,(H,26,27)/t16-,17+,22?,23?/m1/s1. The third-order valence-corrected chi connectivity index (χ3v) is 6.16. The van der Waals surface area contributed by atoms with Crippen LogP contribution in [0, 0.1) is 18.8 Å². The first kappa shape index (κ1) is 19.3. The highest BCUT2D eigenvalue weighted by Gasteiger charge is 2.56. The quantitative estimate of drug-likeness (QED) is 0.461. The Morgan fingerprint density at radius 2 is 2.20 bits per heavy atom. The summed E-state index contributed by atoms with van der Waals surface area (Å²) >= 11 is 6.53. The molecule has 6 nitrogen and oxygen atoms in total. The number of aromatic nitrogens is 2. The molecule has 3 aromatic rings. The molecule has 0 radical (unpaired) electrons. The zero-order valence-corrected chi connectivity index (χ0v) is 17.5. The maximum Gasteiger partial charge on any atom is 0.302 e. The summed E-state index contributed by atoms with van der Waals surface area (Å²) in [6, 6.07) is 8.06. The van der Waals surface area contributed by atoms with E-state index in [1.54, 1.807) is 12.4 Å². The van der Waals surface area contributed by atoms with Gasteiger partial charge in [-0.2, -0.15) is 0 Å². The van der Waals surface area contributed by atoms with Crippen molar-refractivity contribution in [3.63, 3.8) is 0 Å². The number of rotatable bonds is 6. The van der Waals surface area contributed by atoms with Crippen molar-refractivity contribution in [1.82, 2.24) is 9.97 Å². The molecule has 5 rings (SSSR count). The summed E-state index contributed by atoms with van der Waals surface area (Å²) in [7, 11) is 0. The predicted octanol–water partition coefficient (Wildman–Crippen LogP) is 4.59. The lowest BCUT2D eigenvalue weighted by Gasteiger charge is -2.10. The first-order valence-electron chi connectivity index (χ1n) is 10.1. The number of aryl methyl sites for hydroxylation is 1. The van der Waals surface area contributed by atoms with E-state index in [0.29, 0.717) is 23.5 Å². The number of ether oxygens (including phenoxy) is 2. The second-order valence-corrected chi connectivity index (χ2v) is 8.47. The van der Waals surface area contributed by atoms with Gasteiger partial charge in [0.2, 0.25) is 0 Å². The average Bonchev–Trinajstić information content (AvgIpc) is 3.62. The molecule has 0 bridgehead atoms. The number of benzene rings is 1. The molecule has 1 aliphatic heterocycles. The summed E-state index contributed by atoms with van der Waals surface area (Å²) in [5.41, 5.74) is 3.24. The number of epoxide rings is 1. The SMILES string of the molecule is CC(=O)OC[C@H]1C[C@@H]1C1OC1Nc1cc2cc(-c3cnccc3C)cc(Cl)c2cn1. The highest BCUT2D eigenvalue weighted by molar-refractivity contribution is 6.36. The number of hydrogen-bond acceptors (Lipinski definition) is 6. The van der Waals surface area contributed by atoms with Gasteiger partial charge in [0, 0.05) is 36.5 Å². The predicted molar refractivity (Wildman–Crippen MR) is 115 cm³/mol. The van der Waals surface area contributed by atoms with Gasteiger partial charge in [0.05, 0.1) is 11.6 Å². The van der Waals surface area contributed by atoms with Crippen LogP contribution in [-0.4, -0.2) is 34.9 Å². The number of carbonyl (C=O) groups excluding carboxylic acids is 1. The van der Waals surface area contributed by atoms with Gasteiger partial charge in [-0.15, -0.1) is 0 Å². The van der Waals surface area contributed by atoms with Crippen molar-refractivity contribution >= 4 is 34.2 Å². The molecule has 3 heterocycles. The molecule has 2 aromatic heterocycles. The molecule has 1 saturated carbocycles. The average molecular weight is 424 g/mol. The molecular formula is C23H22ClN3O3. The fraction of sp³-hybridized carbons (Fsp3) is 0.348. The van der Waals surface area contributed by atoms with Crippen LogP contribution in [0.5, 0.6) is 0 Å². The summed E-state index contributed by atoms with van der Waals surface area (Å²) in [5, 5.41) is 5.94. The van der Waals surface area contributed by atoms with Gasteiger partial charge in [-0.25, -0.2) is 4.98 Å². The van der Waals surface area contributed by atoms with Gasteiger partial charge in [0.1, 0.15) is 11.9 Å². The molecule has 1 N–H and O–H groups in total. The number of hydrogen-bond donors (Lipinski definition) is 1. The minimum absolute atomic E-state index is 0.0542. The number of halogens is 1. The molecule has 1 saturated heterocycles. The topological polar surface area (TPSA) is 76.6 Å². The molecule has 2 fully saturated rings. The first-order valence-corrected chi connectivity index (χ1v) is 10.4. The van der Waals surface area contributed by atoms with Crippen molar-refractivity contribution in [2.24, 2.45) is 11.8 Å². The molecule has 154 valence electrons. The first-order chi connectivity index (χ1) is 14.5. The van der Waals surface area contributed by atoms with Crippen LogP contribution in [0.25, 0.3) is 21.9 Å². The van der Waals surface area contributed by atoms with E-state index in [2.05, 4.69) is 28.3 Å². The Hall–Kier alpha value is -2.70. The Kier molecular flexibility index (Phi) is 4.83. The van der Waals surface area contributed by atoms with E-state index in [1.165, 1.54) is 6.92 Å². The van der Waals surface area contributed by atoms with Crippen LogP contribution in [0.15, 0.2) is 42.9 Å². The zero-order chi connectivity index (χ0) is 20.8. The van der Waals surface area contributed by atoms with E-state index < -0.39 is 0 Å². The molecule has 30 heavy (non-hydrogen) atoms. The van der Waals surface area contributed by atoms with Crippen molar-refractivity contribution in [1.29, 1.82) is 0 Å². The van der Waals surface area contributed by atoms with Crippen molar-refractivity contribution in [2.45, 2.75) is 32.6 Å². The molecule has 0 amide bonds. The van der Waals surface area contributed by atoms with E-state index in [1.807, 2.05) is 24.4 Å². The van der Waals surface area contributed by atoms with Gasteiger partial charge >= 0.3 is 5.97 Å². The van der Waals surface area contributed by atoms with Crippen molar-refractivity contribution in [3.8, 4) is 11.1 Å². The van der Waals surface area contributed by atoms with Crippen LogP contribution in [-0.2, 0) is 14.3 Å². The molecule has 0 spiro atoms. The highest BCUT2D eigenvalue weighted by atomic mass is 35.5. The normalized spacial score (nSPS) is 24.5. The Balaban J connectivity index is 1.31. The van der Waals surface area contributed by atoms with Crippen molar-refractivity contribution in [2.75, 3.05) is 11.9 Å². The van der Waals surface area contributed by atoms with Crippen molar-refractivity contribution in [3.05, 3.63) is 53.4 Å². The number of esters is 1. The molecule has 2 aliphatic rings. The molecule has 7 heteroatoms. The Bertz CT molecular complexity index is 1140. The lowest BCUT2D eigenvalue weighted by Crippen LogP contribution is -2.11. The number of carbonyl (C=O) groups is 1. The van der Waals surface area contributed by atoms with E-state index in [-0.39, 0.29) is 18.3 Å². The molecular weight excluding hydrogens is 402 g/mol. The maximum absolute atomic E-state index is 11.0. The Morgan fingerprint density at radius 1 is 1.33 bits per heavy atom. The van der Waals surface area contributed by atoms with Crippen LogP contribution < -0.4 is 5.32 Å². The molecule has 1 aromatic carbocycles. The second kappa shape index (κ2) is 7.52. The smallest absolute Gasteiger partial charge is 0.302 e. The van der Waals surface area contributed by atoms with Gasteiger partial charge in [0.25, 0.3) is 0 Å². The summed E-state index contributed by atoms with van der Waals surface area (Å²) in [6.07, 6.45) is 6.56. The fourth-order valence-corrected chi connectivity index (χ4v) is 4.29. The lowest BCUT2D eigenvalue weighted by molar-refractivity contribution is -0.141. The second-order valence-electron chi connectivity index (χ2n) is 8.07. The van der Waals surface area contributed by atoms with Gasteiger partial charge in [-0.05, 0) is 66.0 Å². The summed E-state index contributed by atoms with van der Waals surface area (Å²) in [4.78, 5) is 19.7. The minimum Gasteiger partial charge on any atom is -0.466 e. The van der Waals surface area contributed by atoms with Crippen LogP contribution in [0.1, 0.15) is 18.9 Å². The minimum atomic E-state index is -0.230. The molecule has 2 unspecified atom stereocenters. The maximum atomic E-state index is 11.0. The number of nitrogens with zero attached hydrogens (tertiary/aromatic N) is 2. The van der Waals surface area contributed by atoms with Gasteiger partial charge in [0.15, 0.2) is 6.23 Å². The van der Waals surface area contributed by atoms with Crippen molar-refractivity contribution < 1.29 is 14.3 Å². The van der Waals surface area contributed by atoms with Crippen LogP contribution in [0.3, 0.4) is 0 Å². The lowest BCUT2D eigenvalue weighted by atomic mass is 10.0. The third-order valence-electron chi connectivity index (χ3n) is 5.85. The van der Waals surface area contributed by atoms with Crippen LogP contribution >= 0.6 is 11.6 Å². The van der Waals surface area contributed by atoms with E-state index >= 15 is 0 Å². The number of pyridine rings is 2. The fourth-order valence-electron chi connectivity index (χ4n) is 4.01. The van der Waals surface area contributed by atoms with Crippen LogP contribution in [0.2, 0.25) is 5.02 Å². The largest absolute Gasteiger partial charge is 0.466 e. The summed E-state index contributed by atoms with van der Waals surface area (Å²) < 4.78 is 10.9. The van der Waals surface area contributed by atoms with Gasteiger partial charge in [-0.3, -0.25) is 9.78 Å². The monoisotopic (exact) mass is 423 g/mol. The van der Waals surface area contributed by atoms with Gasteiger partial charge in [-0.1, -0.05) is 11.6 Å². The summed E-state index contributed by atoms with van der Waals surface area (Å²) in [6.45, 7) is 3.98. The number of anilines is 1. The van der Waals surface area contributed by atoms with E-state index in [0.717, 1.165) is 39.7 Å². The van der Waals surface area contributed by atoms with Crippen LogP contribution in [0.4, 0.5) is 5.82 Å². The third kappa shape index (κ3) is 3.85. The molecule has 4 atom stereocenters. The zero-order valence-electron chi connectivity index (χ0n) is 16.8. The summed E-state index contributed by atoms with van der Waals surface area (Å²) in [5.74, 6) is 1.37. The van der Waals surface area contributed by atoms with E-state index in [4.69, 9.17) is 21.1 Å². The van der Waals surface area contributed by atoms with Gasteiger partial charge < -0.3 is 14.8 Å². The number of nitrogens with one attached hydrogen (secondary N) is 1. The molecule has 1 aliphatic carbocycles. The number of fused-ring (bicyclic) bond motifs is 1.